The van der Waals surface area contributed by atoms with Crippen LogP contribution in [0.1, 0.15) is 13.8 Å². The zero-order chi connectivity index (χ0) is 12.7. The van der Waals surface area contributed by atoms with Gasteiger partial charge in [-0.05, 0) is 12.1 Å². The number of nitrogens with zero attached hydrogens (tertiary/aromatic N) is 2. The van der Waals surface area contributed by atoms with Crippen LogP contribution in [0.4, 0.5) is 0 Å². The van der Waals surface area contributed by atoms with Gasteiger partial charge in [0.25, 0.3) is 5.56 Å². The fraction of sp³-hybridized carbons (Fsp3) is 0.231. The Balaban J connectivity index is 0.000000686. The second-order valence-electron chi connectivity index (χ2n) is 2.96. The van der Waals surface area contributed by atoms with Crippen LogP contribution in [0.5, 0.6) is 5.88 Å². The highest BCUT2D eigenvalue weighted by Gasteiger charge is 2.01. The molecule has 0 saturated heterocycles. The molecule has 4 nitrogen and oxygen atoms in total. The van der Waals surface area contributed by atoms with Gasteiger partial charge in [0.05, 0.1) is 12.8 Å². The first-order valence-electron chi connectivity index (χ1n) is 5.51. The Hall–Kier alpha value is -2.10. The van der Waals surface area contributed by atoms with Crippen molar-refractivity contribution in [3.05, 3.63) is 52.8 Å². The van der Waals surface area contributed by atoms with Gasteiger partial charge in [0.2, 0.25) is 5.88 Å². The highest BCUT2D eigenvalue weighted by Crippen LogP contribution is 2.05. The Morgan fingerprint density at radius 2 is 1.71 bits per heavy atom. The predicted octanol–water partition coefficient (Wildman–Crippen LogP) is 2.27. The molecule has 1 aromatic carbocycles. The van der Waals surface area contributed by atoms with E-state index in [2.05, 4.69) is 5.10 Å². The van der Waals surface area contributed by atoms with Gasteiger partial charge in [0.1, 0.15) is 0 Å². The summed E-state index contributed by atoms with van der Waals surface area (Å²) in [6.07, 6.45) is 0. The van der Waals surface area contributed by atoms with Gasteiger partial charge in [0.15, 0.2) is 0 Å². The lowest BCUT2D eigenvalue weighted by Gasteiger charge is -2.05. The quantitative estimate of drug-likeness (QED) is 0.797. The minimum Gasteiger partial charge on any atom is -0.480 e. The van der Waals surface area contributed by atoms with Crippen LogP contribution in [0.2, 0.25) is 0 Å². The third-order valence-corrected chi connectivity index (χ3v) is 1.99. The topological polar surface area (TPSA) is 44.1 Å². The molecule has 0 saturated carbocycles. The van der Waals surface area contributed by atoms with E-state index in [1.54, 1.807) is 6.07 Å². The van der Waals surface area contributed by atoms with Crippen LogP contribution >= 0.6 is 0 Å². The molecule has 1 aromatic heterocycles. The Morgan fingerprint density at radius 1 is 1.06 bits per heavy atom. The van der Waals surface area contributed by atoms with Crippen molar-refractivity contribution >= 4 is 0 Å². The molecule has 0 N–H and O–H groups in total. The van der Waals surface area contributed by atoms with E-state index >= 15 is 0 Å². The van der Waals surface area contributed by atoms with E-state index in [4.69, 9.17) is 4.74 Å². The number of hydrogen-bond donors (Lipinski definition) is 0. The van der Waals surface area contributed by atoms with Gasteiger partial charge in [-0.3, -0.25) is 4.79 Å². The minimum atomic E-state index is -0.179. The number of benzene rings is 1. The third kappa shape index (κ3) is 3.17. The van der Waals surface area contributed by atoms with Crippen molar-refractivity contribution in [2.75, 3.05) is 7.11 Å². The van der Waals surface area contributed by atoms with E-state index in [1.165, 1.54) is 17.9 Å². The summed E-state index contributed by atoms with van der Waals surface area (Å²) in [5.74, 6) is 0.415. The molecule has 1 heterocycles. The van der Waals surface area contributed by atoms with Crippen molar-refractivity contribution < 1.29 is 4.74 Å². The van der Waals surface area contributed by atoms with E-state index in [-0.39, 0.29) is 5.56 Å². The number of hydrogen-bond acceptors (Lipinski definition) is 3. The highest BCUT2D eigenvalue weighted by molar-refractivity contribution is 5.30. The predicted molar refractivity (Wildman–Crippen MR) is 67.7 cm³/mol. The SMILES string of the molecule is CC.COc1ccc(=O)n(-c2ccccc2)n1. The summed E-state index contributed by atoms with van der Waals surface area (Å²) in [4.78, 5) is 11.5. The molecule has 0 atom stereocenters. The van der Waals surface area contributed by atoms with Crippen LogP contribution in [0.3, 0.4) is 0 Å². The summed E-state index contributed by atoms with van der Waals surface area (Å²) in [5.41, 5.74) is 0.545. The van der Waals surface area contributed by atoms with Crippen molar-refractivity contribution in [3.63, 3.8) is 0 Å². The Kier molecular flexibility index (Phi) is 4.94. The molecule has 4 heteroatoms. The van der Waals surface area contributed by atoms with Crippen LogP contribution in [-0.2, 0) is 0 Å². The summed E-state index contributed by atoms with van der Waals surface area (Å²) in [7, 11) is 1.52. The first kappa shape index (κ1) is 13.0. The van der Waals surface area contributed by atoms with Gasteiger partial charge < -0.3 is 4.74 Å². The normalized spacial score (nSPS) is 9.12. The zero-order valence-corrected chi connectivity index (χ0v) is 10.3. The lowest BCUT2D eigenvalue weighted by atomic mass is 10.3. The Morgan fingerprint density at radius 3 is 2.29 bits per heavy atom. The summed E-state index contributed by atoms with van der Waals surface area (Å²) < 4.78 is 6.26. The number of rotatable bonds is 2. The molecular formula is C13H16N2O2. The van der Waals surface area contributed by atoms with Crippen LogP contribution in [0, 0.1) is 0 Å². The van der Waals surface area contributed by atoms with Gasteiger partial charge in [-0.1, -0.05) is 32.0 Å². The largest absolute Gasteiger partial charge is 0.480 e. The number of methoxy groups -OCH3 is 1. The average molecular weight is 232 g/mol. The van der Waals surface area contributed by atoms with E-state index in [0.717, 1.165) is 5.69 Å². The molecule has 0 spiro atoms. The Bertz CT molecular complexity index is 506. The second kappa shape index (κ2) is 6.48. The number of para-hydroxylation sites is 1. The summed E-state index contributed by atoms with van der Waals surface area (Å²) in [5, 5.41) is 4.04. The van der Waals surface area contributed by atoms with Crippen LogP contribution in [-0.4, -0.2) is 16.9 Å². The van der Waals surface area contributed by atoms with Gasteiger partial charge in [-0.15, -0.1) is 5.10 Å². The highest BCUT2D eigenvalue weighted by atomic mass is 16.5. The Labute approximate surface area is 100 Å². The first-order valence-corrected chi connectivity index (χ1v) is 5.51. The molecule has 0 aliphatic rings. The molecule has 0 unspecified atom stereocenters. The van der Waals surface area contributed by atoms with Crippen LogP contribution in [0.25, 0.3) is 5.69 Å². The van der Waals surface area contributed by atoms with Crippen LogP contribution < -0.4 is 10.3 Å². The van der Waals surface area contributed by atoms with E-state index in [9.17, 15) is 4.79 Å². The smallest absolute Gasteiger partial charge is 0.271 e. The third-order valence-electron chi connectivity index (χ3n) is 1.99. The molecule has 0 aliphatic carbocycles. The van der Waals surface area contributed by atoms with Crippen molar-refractivity contribution in [1.29, 1.82) is 0 Å². The van der Waals surface area contributed by atoms with Gasteiger partial charge >= 0.3 is 0 Å². The molecule has 0 fully saturated rings. The molecule has 0 bridgehead atoms. The fourth-order valence-electron chi connectivity index (χ4n) is 1.26. The monoisotopic (exact) mass is 232 g/mol. The molecule has 2 rings (SSSR count). The van der Waals surface area contributed by atoms with Crippen molar-refractivity contribution in [2.45, 2.75) is 13.8 Å². The van der Waals surface area contributed by atoms with Gasteiger partial charge in [-0.2, -0.15) is 4.68 Å². The maximum absolute atomic E-state index is 11.5. The lowest BCUT2D eigenvalue weighted by Crippen LogP contribution is -2.20. The summed E-state index contributed by atoms with van der Waals surface area (Å²) in [6.45, 7) is 4.00. The van der Waals surface area contributed by atoms with Gasteiger partial charge in [-0.25, -0.2) is 0 Å². The lowest BCUT2D eigenvalue weighted by molar-refractivity contribution is 0.386. The molecule has 90 valence electrons. The number of aromatic nitrogens is 2. The molecule has 17 heavy (non-hydrogen) atoms. The fourth-order valence-corrected chi connectivity index (χ4v) is 1.26. The molecule has 2 aromatic rings. The van der Waals surface area contributed by atoms with Crippen molar-refractivity contribution in [3.8, 4) is 11.6 Å². The maximum atomic E-state index is 11.5. The van der Waals surface area contributed by atoms with Crippen molar-refractivity contribution in [1.82, 2.24) is 9.78 Å². The molecule has 0 aliphatic heterocycles. The first-order chi connectivity index (χ1) is 8.31. The number of ether oxygens (including phenoxy) is 1. The molecular weight excluding hydrogens is 216 g/mol. The molecule has 0 amide bonds. The van der Waals surface area contributed by atoms with E-state index in [0.29, 0.717) is 5.88 Å². The minimum absolute atomic E-state index is 0.179. The van der Waals surface area contributed by atoms with Crippen molar-refractivity contribution in [2.24, 2.45) is 0 Å². The average Bonchev–Trinajstić information content (AvgIpc) is 2.42. The second-order valence-corrected chi connectivity index (χ2v) is 2.96. The standard InChI is InChI=1S/C11H10N2O2.C2H6/c1-15-10-7-8-11(14)13(12-10)9-5-3-2-4-6-9;1-2/h2-8H,1H3;1-2H3. The summed E-state index contributed by atoms with van der Waals surface area (Å²) in [6, 6.07) is 12.2. The van der Waals surface area contributed by atoms with E-state index < -0.39 is 0 Å². The summed E-state index contributed by atoms with van der Waals surface area (Å²) >= 11 is 0. The zero-order valence-electron chi connectivity index (χ0n) is 10.3. The van der Waals surface area contributed by atoms with Gasteiger partial charge in [0, 0.05) is 12.1 Å². The van der Waals surface area contributed by atoms with E-state index in [1.807, 2.05) is 44.2 Å². The van der Waals surface area contributed by atoms with Crippen LogP contribution in [0.15, 0.2) is 47.3 Å². The maximum Gasteiger partial charge on any atom is 0.271 e. The molecule has 0 radical (unpaired) electrons.